The Morgan fingerprint density at radius 1 is 0.762 bits per heavy atom. The normalized spacial score (nSPS) is 11.5. The first-order chi connectivity index (χ1) is 10.4. The van der Waals surface area contributed by atoms with Gasteiger partial charge in [0, 0.05) is 6.61 Å². The van der Waals surface area contributed by atoms with E-state index < -0.39 is 0 Å². The summed E-state index contributed by atoms with van der Waals surface area (Å²) in [6, 6.07) is 15.1. The molecule has 112 valence electrons. The van der Waals surface area contributed by atoms with Gasteiger partial charge in [-0.15, -0.1) is 0 Å². The van der Waals surface area contributed by atoms with Crippen molar-refractivity contribution in [1.29, 1.82) is 0 Å². The molecule has 2 aromatic rings. The van der Waals surface area contributed by atoms with Crippen LogP contribution < -0.4 is 0 Å². The quantitative estimate of drug-likeness (QED) is 0.596. The smallest absolute Gasteiger partial charge is 0.0431 e. The second-order valence-electron chi connectivity index (χ2n) is 5.64. The summed E-state index contributed by atoms with van der Waals surface area (Å²) in [7, 11) is 0. The van der Waals surface area contributed by atoms with Crippen molar-refractivity contribution in [2.24, 2.45) is 0 Å². The van der Waals surface area contributed by atoms with Gasteiger partial charge in [0.2, 0.25) is 0 Å². The van der Waals surface area contributed by atoms with Crippen molar-refractivity contribution in [3.05, 3.63) is 54.1 Å². The van der Waals surface area contributed by atoms with Crippen LogP contribution in [0.3, 0.4) is 0 Å². The van der Waals surface area contributed by atoms with E-state index in [0.29, 0.717) is 6.61 Å². The van der Waals surface area contributed by atoms with Crippen LogP contribution in [0.4, 0.5) is 0 Å². The summed E-state index contributed by atoms with van der Waals surface area (Å²) in [4.78, 5) is 0. The summed E-state index contributed by atoms with van der Waals surface area (Å²) in [6.07, 6.45) is 12.9. The highest BCUT2D eigenvalue weighted by atomic mass is 16.2. The van der Waals surface area contributed by atoms with Crippen molar-refractivity contribution in [3.8, 4) is 0 Å². The van der Waals surface area contributed by atoms with Gasteiger partial charge in [-0.3, -0.25) is 0 Å². The van der Waals surface area contributed by atoms with Crippen LogP contribution in [0.5, 0.6) is 0 Å². The molecule has 21 heavy (non-hydrogen) atoms. The van der Waals surface area contributed by atoms with Crippen molar-refractivity contribution >= 4 is 16.8 Å². The first-order valence-corrected chi connectivity index (χ1v) is 8.16. The number of fused-ring (bicyclic) bond motifs is 1. The monoisotopic (exact) mass is 282 g/mol. The average molecular weight is 282 g/mol. The van der Waals surface area contributed by atoms with Crippen molar-refractivity contribution in [2.45, 2.75) is 44.9 Å². The molecular weight excluding hydrogens is 256 g/mol. The van der Waals surface area contributed by atoms with Gasteiger partial charge in [-0.1, -0.05) is 74.2 Å². The summed E-state index contributed by atoms with van der Waals surface area (Å²) in [5.74, 6) is 0. The number of unbranched alkanes of at least 4 members (excludes halogenated alkanes) is 6. The number of benzene rings is 2. The fourth-order valence-corrected chi connectivity index (χ4v) is 2.61. The third kappa shape index (κ3) is 5.73. The first-order valence-electron chi connectivity index (χ1n) is 8.16. The van der Waals surface area contributed by atoms with E-state index in [9.17, 15) is 0 Å². The van der Waals surface area contributed by atoms with Crippen LogP contribution in [0.25, 0.3) is 16.8 Å². The van der Waals surface area contributed by atoms with Crippen molar-refractivity contribution < 1.29 is 5.11 Å². The minimum Gasteiger partial charge on any atom is -0.396 e. The molecule has 0 saturated carbocycles. The topological polar surface area (TPSA) is 20.2 Å². The lowest BCUT2D eigenvalue weighted by atomic mass is 10.1. The number of allylic oxidation sites excluding steroid dienone is 1. The summed E-state index contributed by atoms with van der Waals surface area (Å²) in [5, 5.41) is 11.3. The van der Waals surface area contributed by atoms with Gasteiger partial charge in [0.15, 0.2) is 0 Å². The van der Waals surface area contributed by atoms with Crippen LogP contribution in [0.2, 0.25) is 0 Å². The van der Waals surface area contributed by atoms with E-state index >= 15 is 0 Å². The molecule has 2 rings (SSSR count). The SMILES string of the molecule is OCCCCCCCC/C=C/c1ccc2ccccc2c1. The lowest BCUT2D eigenvalue weighted by Crippen LogP contribution is -1.83. The van der Waals surface area contributed by atoms with Crippen LogP contribution in [0.15, 0.2) is 48.5 Å². The predicted molar refractivity (Wildman–Crippen MR) is 92.4 cm³/mol. The Balaban J connectivity index is 1.68. The van der Waals surface area contributed by atoms with E-state index in [1.165, 1.54) is 48.4 Å². The minimum atomic E-state index is 0.342. The highest BCUT2D eigenvalue weighted by Gasteiger charge is 1.93. The van der Waals surface area contributed by atoms with Crippen LogP contribution in [-0.4, -0.2) is 11.7 Å². The molecule has 1 N–H and O–H groups in total. The second-order valence-corrected chi connectivity index (χ2v) is 5.64. The zero-order valence-corrected chi connectivity index (χ0v) is 12.8. The van der Waals surface area contributed by atoms with Crippen molar-refractivity contribution in [3.63, 3.8) is 0 Å². The highest BCUT2D eigenvalue weighted by Crippen LogP contribution is 2.17. The molecule has 0 aliphatic carbocycles. The maximum absolute atomic E-state index is 8.70. The molecule has 0 heterocycles. The number of aliphatic hydroxyl groups is 1. The number of aliphatic hydroxyl groups excluding tert-OH is 1. The molecule has 0 fully saturated rings. The Hall–Kier alpha value is -1.60. The summed E-state index contributed by atoms with van der Waals surface area (Å²) in [6.45, 7) is 0.342. The van der Waals surface area contributed by atoms with Gasteiger partial charge in [-0.2, -0.15) is 0 Å². The molecule has 2 aromatic carbocycles. The van der Waals surface area contributed by atoms with E-state index in [-0.39, 0.29) is 0 Å². The van der Waals surface area contributed by atoms with Gasteiger partial charge < -0.3 is 5.11 Å². The maximum Gasteiger partial charge on any atom is 0.0431 e. The number of hydrogen-bond acceptors (Lipinski definition) is 1. The fraction of sp³-hybridized carbons (Fsp3) is 0.400. The molecule has 0 spiro atoms. The molecule has 0 amide bonds. The standard InChI is InChI=1S/C20H26O/c21-16-10-6-4-2-1-3-5-7-11-18-14-15-19-12-8-9-13-20(19)17-18/h7-9,11-15,17,21H,1-6,10,16H2/b11-7+. The van der Waals surface area contributed by atoms with Crippen LogP contribution in [0.1, 0.15) is 50.5 Å². The molecule has 0 aromatic heterocycles. The minimum absolute atomic E-state index is 0.342. The average Bonchev–Trinajstić information content (AvgIpc) is 2.53. The maximum atomic E-state index is 8.70. The molecule has 0 saturated heterocycles. The molecule has 1 heteroatoms. The zero-order chi connectivity index (χ0) is 14.8. The van der Waals surface area contributed by atoms with Gasteiger partial charge in [-0.25, -0.2) is 0 Å². The van der Waals surface area contributed by atoms with Crippen molar-refractivity contribution in [2.75, 3.05) is 6.61 Å². The van der Waals surface area contributed by atoms with Crippen LogP contribution in [0, 0.1) is 0 Å². The summed E-state index contributed by atoms with van der Waals surface area (Å²) >= 11 is 0. The Labute approximate surface area is 128 Å². The predicted octanol–water partition coefficient (Wildman–Crippen LogP) is 5.58. The van der Waals surface area contributed by atoms with E-state index in [1.807, 2.05) is 0 Å². The van der Waals surface area contributed by atoms with Gasteiger partial charge in [0.1, 0.15) is 0 Å². The third-order valence-electron chi connectivity index (χ3n) is 3.86. The lowest BCUT2D eigenvalue weighted by Gasteiger charge is -2.00. The van der Waals surface area contributed by atoms with Gasteiger partial charge in [0.05, 0.1) is 0 Å². The van der Waals surface area contributed by atoms with Crippen LogP contribution in [-0.2, 0) is 0 Å². The Morgan fingerprint density at radius 2 is 1.48 bits per heavy atom. The second kappa shape index (κ2) is 9.36. The Kier molecular flexibility index (Phi) is 7.03. The fourth-order valence-electron chi connectivity index (χ4n) is 2.61. The third-order valence-corrected chi connectivity index (χ3v) is 3.86. The summed E-state index contributed by atoms with van der Waals surface area (Å²) < 4.78 is 0. The molecule has 0 radical (unpaired) electrons. The van der Waals surface area contributed by atoms with Gasteiger partial charge in [0.25, 0.3) is 0 Å². The number of rotatable bonds is 9. The number of hydrogen-bond donors (Lipinski definition) is 1. The van der Waals surface area contributed by atoms with Crippen molar-refractivity contribution in [1.82, 2.24) is 0 Å². The molecule has 0 unspecified atom stereocenters. The molecule has 0 aliphatic heterocycles. The van der Waals surface area contributed by atoms with Gasteiger partial charge in [-0.05, 0) is 41.7 Å². The molecule has 0 atom stereocenters. The highest BCUT2D eigenvalue weighted by molar-refractivity contribution is 5.84. The van der Waals surface area contributed by atoms with E-state index in [0.717, 1.165) is 12.8 Å². The van der Waals surface area contributed by atoms with Crippen LogP contribution >= 0.6 is 0 Å². The first kappa shape index (κ1) is 15.8. The molecule has 0 bridgehead atoms. The zero-order valence-electron chi connectivity index (χ0n) is 12.8. The molecular formula is C20H26O. The Bertz CT molecular complexity index is 557. The summed E-state index contributed by atoms with van der Waals surface area (Å²) in [5.41, 5.74) is 1.29. The van der Waals surface area contributed by atoms with E-state index in [4.69, 9.17) is 5.11 Å². The van der Waals surface area contributed by atoms with E-state index in [2.05, 4.69) is 54.6 Å². The molecule has 0 aliphatic rings. The molecule has 1 nitrogen and oxygen atoms in total. The lowest BCUT2D eigenvalue weighted by molar-refractivity contribution is 0.282. The Morgan fingerprint density at radius 3 is 2.29 bits per heavy atom. The van der Waals surface area contributed by atoms with E-state index in [1.54, 1.807) is 0 Å². The van der Waals surface area contributed by atoms with Gasteiger partial charge >= 0.3 is 0 Å². The largest absolute Gasteiger partial charge is 0.396 e.